The highest BCUT2D eigenvalue weighted by molar-refractivity contribution is 5.93. The van der Waals surface area contributed by atoms with Crippen LogP contribution in [0, 0.1) is 26.3 Å². The van der Waals surface area contributed by atoms with Crippen LogP contribution in [0.2, 0.25) is 0 Å². The number of benzene rings is 2. The summed E-state index contributed by atoms with van der Waals surface area (Å²) in [5.74, 6) is -1.32. The van der Waals surface area contributed by atoms with Crippen LogP contribution in [0.5, 0.6) is 0 Å². The Morgan fingerprint density at radius 1 is 1.09 bits per heavy atom. The lowest BCUT2D eigenvalue weighted by molar-refractivity contribution is -0.139. The van der Waals surface area contributed by atoms with Gasteiger partial charge in [-0.2, -0.15) is 0 Å². The van der Waals surface area contributed by atoms with Crippen molar-refractivity contribution < 1.29 is 24.2 Å². The maximum atomic E-state index is 13.4. The van der Waals surface area contributed by atoms with Gasteiger partial charge in [-0.3, -0.25) is 14.5 Å². The number of nitrogens with one attached hydrogen (secondary N) is 2. The maximum Gasteiger partial charge on any atom is 0.408 e. The van der Waals surface area contributed by atoms with Gasteiger partial charge in [0.1, 0.15) is 17.7 Å². The van der Waals surface area contributed by atoms with Crippen LogP contribution in [0.3, 0.4) is 0 Å². The number of nitrogens with zero attached hydrogens (tertiary/aromatic N) is 1. The third-order valence-electron chi connectivity index (χ3n) is 5.21. The lowest BCUT2D eigenvalue weighted by Crippen LogP contribution is -2.53. The van der Waals surface area contributed by atoms with Crippen molar-refractivity contribution >= 4 is 17.9 Å². The molecule has 35 heavy (non-hydrogen) atoms. The van der Waals surface area contributed by atoms with Gasteiger partial charge in [0.05, 0.1) is 6.61 Å². The van der Waals surface area contributed by atoms with Gasteiger partial charge in [0.25, 0.3) is 5.91 Å². The average molecular weight is 480 g/mol. The number of aliphatic hydroxyl groups is 1. The molecular weight excluding hydrogens is 446 g/mol. The molecule has 0 saturated heterocycles. The van der Waals surface area contributed by atoms with Crippen molar-refractivity contribution in [1.82, 2.24) is 15.5 Å². The monoisotopic (exact) mass is 479 g/mol. The Hall–Kier alpha value is -3.83. The lowest BCUT2D eigenvalue weighted by atomic mass is 9.98. The van der Waals surface area contributed by atoms with Gasteiger partial charge in [-0.05, 0) is 56.9 Å². The van der Waals surface area contributed by atoms with Crippen molar-refractivity contribution in [3.05, 3.63) is 70.8 Å². The highest BCUT2D eigenvalue weighted by Crippen LogP contribution is 2.24. The molecule has 2 unspecified atom stereocenters. The SMILES string of the molecule is C#CN(C(=O)C(CO)NC(=O)OC(C)(C)C)C(C(=O)NCc1ccccc1)c1ccc(C)c(C)c1. The fourth-order valence-electron chi connectivity index (χ4n) is 3.30. The molecular formula is C27H33N3O5. The van der Waals surface area contributed by atoms with Crippen LogP contribution in [0.1, 0.15) is 49.1 Å². The Balaban J connectivity index is 2.36. The summed E-state index contributed by atoms with van der Waals surface area (Å²) in [7, 11) is 0. The van der Waals surface area contributed by atoms with E-state index in [9.17, 15) is 19.5 Å². The summed E-state index contributed by atoms with van der Waals surface area (Å²) >= 11 is 0. The van der Waals surface area contributed by atoms with Crippen LogP contribution in [0.25, 0.3) is 0 Å². The molecule has 0 aliphatic heterocycles. The van der Waals surface area contributed by atoms with E-state index in [1.54, 1.807) is 32.9 Å². The lowest BCUT2D eigenvalue weighted by Gasteiger charge is -2.30. The van der Waals surface area contributed by atoms with Crippen molar-refractivity contribution in [1.29, 1.82) is 0 Å². The quantitative estimate of drug-likeness (QED) is 0.399. The predicted octanol–water partition coefficient (Wildman–Crippen LogP) is 2.97. The number of alkyl carbamates (subject to hydrolysis) is 1. The zero-order valence-electron chi connectivity index (χ0n) is 20.8. The van der Waals surface area contributed by atoms with Gasteiger partial charge >= 0.3 is 6.09 Å². The van der Waals surface area contributed by atoms with Gasteiger partial charge in [-0.1, -0.05) is 55.0 Å². The molecule has 2 atom stereocenters. The minimum Gasteiger partial charge on any atom is -0.444 e. The van der Waals surface area contributed by atoms with Gasteiger partial charge in [0, 0.05) is 12.6 Å². The van der Waals surface area contributed by atoms with E-state index in [1.807, 2.05) is 50.2 Å². The molecule has 0 bridgehead atoms. The van der Waals surface area contributed by atoms with E-state index in [0.717, 1.165) is 21.6 Å². The highest BCUT2D eigenvalue weighted by Gasteiger charge is 2.35. The van der Waals surface area contributed by atoms with Crippen molar-refractivity contribution in [2.45, 2.75) is 58.8 Å². The van der Waals surface area contributed by atoms with Crippen molar-refractivity contribution in [3.63, 3.8) is 0 Å². The third-order valence-corrected chi connectivity index (χ3v) is 5.21. The Labute approximate surface area is 206 Å². The molecule has 0 aromatic heterocycles. The molecule has 0 radical (unpaired) electrons. The summed E-state index contributed by atoms with van der Waals surface area (Å²) < 4.78 is 5.18. The fraction of sp³-hybridized carbons (Fsp3) is 0.370. The Morgan fingerprint density at radius 2 is 1.74 bits per heavy atom. The van der Waals surface area contributed by atoms with Crippen LogP contribution in [0.4, 0.5) is 4.79 Å². The molecule has 2 rings (SSSR count). The average Bonchev–Trinajstić information content (AvgIpc) is 2.80. The summed E-state index contributed by atoms with van der Waals surface area (Å²) in [5.41, 5.74) is 2.49. The number of terminal acetylenes is 1. The number of carbonyl (C=O) groups is 3. The molecule has 2 aromatic carbocycles. The molecule has 0 saturated carbocycles. The first kappa shape index (κ1) is 27.4. The number of hydrogen-bond donors (Lipinski definition) is 3. The molecule has 3 N–H and O–H groups in total. The maximum absolute atomic E-state index is 13.4. The largest absolute Gasteiger partial charge is 0.444 e. The second kappa shape index (κ2) is 12.0. The molecule has 186 valence electrons. The first-order chi connectivity index (χ1) is 16.5. The summed E-state index contributed by atoms with van der Waals surface area (Å²) in [4.78, 5) is 39.8. The number of ether oxygens (including phenoxy) is 1. The summed E-state index contributed by atoms with van der Waals surface area (Å²) in [6.07, 6.45) is 4.81. The number of aliphatic hydroxyl groups excluding tert-OH is 1. The van der Waals surface area contributed by atoms with E-state index >= 15 is 0 Å². The number of amides is 3. The van der Waals surface area contributed by atoms with Crippen LogP contribution in [0.15, 0.2) is 48.5 Å². The second-order valence-electron chi connectivity index (χ2n) is 9.17. The van der Waals surface area contributed by atoms with E-state index in [0.29, 0.717) is 5.56 Å². The van der Waals surface area contributed by atoms with Crippen LogP contribution in [-0.4, -0.2) is 46.2 Å². The van der Waals surface area contributed by atoms with Crippen LogP contribution in [-0.2, 0) is 20.9 Å². The zero-order valence-corrected chi connectivity index (χ0v) is 20.8. The van der Waals surface area contributed by atoms with Crippen LogP contribution >= 0.6 is 0 Å². The third kappa shape index (κ3) is 7.87. The van der Waals surface area contributed by atoms with Gasteiger partial charge < -0.3 is 20.5 Å². The summed E-state index contributed by atoms with van der Waals surface area (Å²) in [6, 6.07) is 14.3. The van der Waals surface area contributed by atoms with Gasteiger partial charge in [0.15, 0.2) is 0 Å². The van der Waals surface area contributed by atoms with E-state index in [4.69, 9.17) is 11.2 Å². The molecule has 8 nitrogen and oxygen atoms in total. The van der Waals surface area contributed by atoms with Crippen molar-refractivity contribution in [3.8, 4) is 12.5 Å². The Kier molecular flexibility index (Phi) is 9.43. The normalized spacial score (nSPS) is 12.6. The number of hydrogen-bond acceptors (Lipinski definition) is 5. The van der Waals surface area contributed by atoms with E-state index in [1.165, 1.54) is 0 Å². The second-order valence-corrected chi connectivity index (χ2v) is 9.17. The predicted molar refractivity (Wildman–Crippen MR) is 133 cm³/mol. The summed E-state index contributed by atoms with van der Waals surface area (Å²) in [6.45, 7) is 8.32. The van der Waals surface area contributed by atoms with Crippen molar-refractivity contribution in [2.75, 3.05) is 6.61 Å². The van der Waals surface area contributed by atoms with Crippen LogP contribution < -0.4 is 10.6 Å². The molecule has 0 aliphatic carbocycles. The number of rotatable bonds is 8. The summed E-state index contributed by atoms with van der Waals surface area (Å²) in [5, 5.41) is 15.0. The van der Waals surface area contributed by atoms with Gasteiger partial charge in [0.2, 0.25) is 5.91 Å². The molecule has 3 amide bonds. The zero-order chi connectivity index (χ0) is 26.2. The van der Waals surface area contributed by atoms with Gasteiger partial charge in [-0.25, -0.2) is 4.79 Å². The molecule has 0 spiro atoms. The minimum absolute atomic E-state index is 0.229. The number of carbonyl (C=O) groups excluding carboxylic acids is 3. The smallest absolute Gasteiger partial charge is 0.408 e. The van der Waals surface area contributed by atoms with E-state index < -0.39 is 42.2 Å². The van der Waals surface area contributed by atoms with Gasteiger partial charge in [-0.15, -0.1) is 0 Å². The minimum atomic E-state index is -1.41. The standard InChI is InChI=1S/C27H33N3O5/c1-7-30(25(33)22(17-31)29-26(34)35-27(4,5)6)23(21-14-13-18(2)19(3)15-21)24(32)28-16-20-11-9-8-10-12-20/h1,8-15,22-23,31H,16-17H2,2-6H3,(H,28,32)(H,29,34). The topological polar surface area (TPSA) is 108 Å². The van der Waals surface area contributed by atoms with E-state index in [2.05, 4.69) is 16.7 Å². The fourth-order valence-corrected chi connectivity index (χ4v) is 3.30. The highest BCUT2D eigenvalue weighted by atomic mass is 16.6. The Bertz CT molecular complexity index is 1090. The first-order valence-electron chi connectivity index (χ1n) is 11.2. The molecule has 0 fully saturated rings. The first-order valence-corrected chi connectivity index (χ1v) is 11.2. The van der Waals surface area contributed by atoms with Crippen molar-refractivity contribution in [2.24, 2.45) is 0 Å². The molecule has 0 aliphatic rings. The van der Waals surface area contributed by atoms with E-state index in [-0.39, 0.29) is 6.54 Å². The molecule has 0 heterocycles. The molecule has 8 heteroatoms. The number of aryl methyl sites for hydroxylation is 2. The molecule has 2 aromatic rings. The Morgan fingerprint density at radius 3 is 2.29 bits per heavy atom.